The minimum atomic E-state index is 0.0311. The van der Waals surface area contributed by atoms with Gasteiger partial charge in [-0.1, -0.05) is 0 Å². The molecule has 1 fully saturated rings. The number of hydrogen-bond acceptors (Lipinski definition) is 4. The summed E-state index contributed by atoms with van der Waals surface area (Å²) >= 11 is 5.99. The van der Waals surface area contributed by atoms with E-state index < -0.39 is 0 Å². The third kappa shape index (κ3) is 4.41. The van der Waals surface area contributed by atoms with Gasteiger partial charge in [0.05, 0.1) is 18.7 Å². The molecule has 1 aliphatic rings. The number of aliphatic imine (C=N–C) groups is 1. The second-order valence-electron chi connectivity index (χ2n) is 4.66. The van der Waals surface area contributed by atoms with E-state index in [1.807, 2.05) is 39.0 Å². The summed E-state index contributed by atoms with van der Waals surface area (Å²) in [5.41, 5.74) is 1.01. The zero-order valence-corrected chi connectivity index (χ0v) is 18.4. The second kappa shape index (κ2) is 8.70. The molecule has 1 heterocycles. The number of benzene rings is 1. The molecule has 4 nitrogen and oxygen atoms in total. The highest BCUT2D eigenvalue weighted by Gasteiger charge is 2.31. The van der Waals surface area contributed by atoms with Crippen molar-refractivity contribution in [2.75, 3.05) is 19.7 Å². The van der Waals surface area contributed by atoms with Crippen molar-refractivity contribution in [1.82, 2.24) is 4.90 Å². The highest BCUT2D eigenvalue weighted by molar-refractivity contribution is 14.1. The van der Waals surface area contributed by atoms with Crippen LogP contribution in [0.2, 0.25) is 0 Å². The maximum absolute atomic E-state index is 12.5. The van der Waals surface area contributed by atoms with Gasteiger partial charge in [-0.05, 0) is 101 Å². The number of thioether (sulfide) groups is 1. The molecule has 0 bridgehead atoms. The van der Waals surface area contributed by atoms with Gasteiger partial charge in [0.1, 0.15) is 5.75 Å². The summed E-state index contributed by atoms with van der Waals surface area (Å²) in [4.78, 5) is 19.3. The number of carbonyl (C=O) groups is 1. The molecule has 0 radical (unpaired) electrons. The fourth-order valence-corrected chi connectivity index (χ4v) is 5.37. The number of ether oxygens (including phenoxy) is 1. The van der Waals surface area contributed by atoms with Gasteiger partial charge in [-0.2, -0.15) is 0 Å². The first-order chi connectivity index (χ1) is 11.0. The van der Waals surface area contributed by atoms with E-state index in [4.69, 9.17) is 4.74 Å². The third-order valence-corrected chi connectivity index (χ3v) is 5.75. The Labute approximate surface area is 168 Å². The number of halogens is 2. The van der Waals surface area contributed by atoms with Gasteiger partial charge in [0.2, 0.25) is 0 Å². The molecule has 23 heavy (non-hydrogen) atoms. The lowest BCUT2D eigenvalue weighted by Gasteiger charge is -2.11. The Balaban J connectivity index is 2.35. The summed E-state index contributed by atoms with van der Waals surface area (Å²) in [6.45, 7) is 7.88. The molecule has 2 rings (SSSR count). The first-order valence-electron chi connectivity index (χ1n) is 7.39. The SMILES string of the molecule is CCN=C1S/C(=C\c2cc(I)c(OCC)c(I)c2)C(=O)N1CC. The molecule has 0 aromatic heterocycles. The topological polar surface area (TPSA) is 41.9 Å². The van der Waals surface area contributed by atoms with E-state index in [0.717, 1.165) is 28.5 Å². The van der Waals surface area contributed by atoms with E-state index in [0.29, 0.717) is 19.7 Å². The van der Waals surface area contributed by atoms with Crippen LogP contribution in [-0.2, 0) is 4.79 Å². The number of hydrogen-bond donors (Lipinski definition) is 0. The number of nitrogens with zero attached hydrogens (tertiary/aromatic N) is 2. The van der Waals surface area contributed by atoms with Gasteiger partial charge in [-0.15, -0.1) is 0 Å². The molecule has 124 valence electrons. The maximum Gasteiger partial charge on any atom is 0.266 e. The highest BCUT2D eigenvalue weighted by atomic mass is 127. The van der Waals surface area contributed by atoms with Crippen LogP contribution < -0.4 is 4.74 Å². The lowest BCUT2D eigenvalue weighted by Crippen LogP contribution is -2.28. The van der Waals surface area contributed by atoms with Crippen molar-refractivity contribution in [2.45, 2.75) is 20.8 Å². The summed E-state index contributed by atoms with van der Waals surface area (Å²) in [7, 11) is 0. The molecular weight excluding hydrogens is 538 g/mol. The number of rotatable bonds is 5. The summed E-state index contributed by atoms with van der Waals surface area (Å²) in [5, 5.41) is 0.793. The van der Waals surface area contributed by atoms with E-state index in [1.165, 1.54) is 11.8 Å². The van der Waals surface area contributed by atoms with Crippen LogP contribution in [0.4, 0.5) is 0 Å². The zero-order valence-electron chi connectivity index (χ0n) is 13.2. The normalized spacial score (nSPS) is 18.3. The Morgan fingerprint density at radius 1 is 1.26 bits per heavy atom. The van der Waals surface area contributed by atoms with Crippen molar-refractivity contribution in [3.8, 4) is 5.75 Å². The molecule has 0 N–H and O–H groups in total. The Morgan fingerprint density at radius 3 is 2.43 bits per heavy atom. The fourth-order valence-electron chi connectivity index (χ4n) is 2.14. The molecule has 1 amide bonds. The smallest absolute Gasteiger partial charge is 0.266 e. The first-order valence-corrected chi connectivity index (χ1v) is 10.4. The molecule has 1 saturated heterocycles. The Kier molecular flexibility index (Phi) is 7.20. The van der Waals surface area contributed by atoms with Gasteiger partial charge in [-0.3, -0.25) is 14.7 Å². The van der Waals surface area contributed by atoms with Crippen LogP contribution in [0.15, 0.2) is 22.0 Å². The molecule has 0 unspecified atom stereocenters. The van der Waals surface area contributed by atoms with E-state index in [9.17, 15) is 4.79 Å². The van der Waals surface area contributed by atoms with Crippen molar-refractivity contribution in [3.05, 3.63) is 29.7 Å². The van der Waals surface area contributed by atoms with Gasteiger partial charge in [0.25, 0.3) is 5.91 Å². The van der Waals surface area contributed by atoms with E-state index in [2.05, 4.69) is 50.2 Å². The molecule has 7 heteroatoms. The quantitative estimate of drug-likeness (QED) is 0.394. The largest absolute Gasteiger partial charge is 0.492 e. The lowest BCUT2D eigenvalue weighted by molar-refractivity contribution is -0.122. The van der Waals surface area contributed by atoms with E-state index >= 15 is 0 Å². The number of amidine groups is 1. The predicted octanol–water partition coefficient (Wildman–Crippen LogP) is 4.61. The minimum Gasteiger partial charge on any atom is -0.492 e. The van der Waals surface area contributed by atoms with E-state index in [1.54, 1.807) is 4.90 Å². The second-order valence-corrected chi connectivity index (χ2v) is 8.00. The van der Waals surface area contributed by atoms with Crippen molar-refractivity contribution >= 4 is 74.1 Å². The average molecular weight is 556 g/mol. The number of likely N-dealkylation sites (N-methyl/N-ethyl adjacent to an activating group) is 1. The van der Waals surface area contributed by atoms with Crippen LogP contribution in [0.25, 0.3) is 6.08 Å². The molecule has 0 aliphatic carbocycles. The highest BCUT2D eigenvalue weighted by Crippen LogP contribution is 2.34. The molecule has 0 atom stereocenters. The molecule has 1 aromatic rings. The monoisotopic (exact) mass is 556 g/mol. The third-order valence-electron chi connectivity index (χ3n) is 3.10. The number of carbonyl (C=O) groups excluding carboxylic acids is 1. The summed E-state index contributed by atoms with van der Waals surface area (Å²) in [6.07, 6.45) is 1.94. The van der Waals surface area contributed by atoms with Crippen LogP contribution in [0, 0.1) is 7.14 Å². The van der Waals surface area contributed by atoms with Crippen LogP contribution >= 0.6 is 56.9 Å². The molecule has 0 spiro atoms. The Bertz CT molecular complexity index is 651. The van der Waals surface area contributed by atoms with Crippen LogP contribution in [0.5, 0.6) is 5.75 Å². The van der Waals surface area contributed by atoms with Crippen molar-refractivity contribution < 1.29 is 9.53 Å². The van der Waals surface area contributed by atoms with Crippen molar-refractivity contribution in [1.29, 1.82) is 0 Å². The molecule has 0 saturated carbocycles. The van der Waals surface area contributed by atoms with Crippen molar-refractivity contribution in [2.24, 2.45) is 4.99 Å². The maximum atomic E-state index is 12.5. The average Bonchev–Trinajstić information content (AvgIpc) is 2.79. The van der Waals surface area contributed by atoms with Gasteiger partial charge in [0, 0.05) is 13.1 Å². The van der Waals surface area contributed by atoms with Crippen LogP contribution in [0.3, 0.4) is 0 Å². The van der Waals surface area contributed by atoms with Crippen molar-refractivity contribution in [3.63, 3.8) is 0 Å². The summed E-state index contributed by atoms with van der Waals surface area (Å²) in [6, 6.07) is 4.08. The van der Waals surface area contributed by atoms with E-state index in [-0.39, 0.29) is 5.91 Å². The standard InChI is InChI=1S/C16H18I2N2O2S/c1-4-19-16-20(5-2)15(21)13(23-16)9-10-7-11(17)14(22-6-3)12(18)8-10/h7-9H,4-6H2,1-3H3/b13-9-,19-16?. The predicted molar refractivity (Wildman–Crippen MR) is 114 cm³/mol. The summed E-state index contributed by atoms with van der Waals surface area (Å²) in [5.74, 6) is 0.938. The Morgan fingerprint density at radius 2 is 1.91 bits per heavy atom. The van der Waals surface area contributed by atoms with Gasteiger partial charge in [0.15, 0.2) is 5.17 Å². The molecule has 1 aromatic carbocycles. The van der Waals surface area contributed by atoms with Crippen LogP contribution in [-0.4, -0.2) is 35.7 Å². The molecular formula is C16H18I2N2O2S. The Hall–Kier alpha value is -0.290. The molecule has 1 aliphatic heterocycles. The van der Waals surface area contributed by atoms with Gasteiger partial charge in [-0.25, -0.2) is 0 Å². The van der Waals surface area contributed by atoms with Crippen LogP contribution in [0.1, 0.15) is 26.3 Å². The van der Waals surface area contributed by atoms with Gasteiger partial charge < -0.3 is 4.74 Å². The minimum absolute atomic E-state index is 0.0311. The zero-order chi connectivity index (χ0) is 17.0. The fraction of sp³-hybridized carbons (Fsp3) is 0.375. The van der Waals surface area contributed by atoms with Gasteiger partial charge >= 0.3 is 0 Å². The first kappa shape index (κ1) is 19.0. The number of amides is 1. The lowest BCUT2D eigenvalue weighted by atomic mass is 10.2. The summed E-state index contributed by atoms with van der Waals surface area (Å²) < 4.78 is 7.76.